The second-order valence-corrected chi connectivity index (χ2v) is 19.2. The molecule has 0 amide bonds. The van der Waals surface area contributed by atoms with Gasteiger partial charge in [-0.25, -0.2) is 31.5 Å². The van der Waals surface area contributed by atoms with Crippen LogP contribution in [0.4, 0.5) is 28.4 Å². The minimum absolute atomic E-state index is 0.0304. The molecule has 33 heteroatoms. The highest BCUT2D eigenvalue weighted by Gasteiger charge is 2.27. The number of rotatable bonds is 23. The van der Waals surface area contributed by atoms with Gasteiger partial charge in [-0.05, 0) is 30.3 Å². The Labute approximate surface area is 359 Å². The van der Waals surface area contributed by atoms with Crippen LogP contribution < -0.4 is 19.9 Å². The van der Waals surface area contributed by atoms with Gasteiger partial charge < -0.3 is 25.1 Å². The number of azo groups is 2. The third kappa shape index (κ3) is 12.5. The molecule has 0 spiro atoms. The molecule has 0 aromatic heterocycles. The van der Waals surface area contributed by atoms with Crippen LogP contribution in [0.25, 0.3) is 10.8 Å². The number of phenolic OH excluding ortho intramolecular Hbond substituents is 1. The molecule has 7 N–H and O–H groups in total. The van der Waals surface area contributed by atoms with Crippen LogP contribution in [0.15, 0.2) is 82.5 Å². The Balaban J connectivity index is 1.88. The molecule has 0 atom stereocenters. The van der Waals surface area contributed by atoms with Gasteiger partial charge in [-0.2, -0.15) is 16.8 Å². The van der Waals surface area contributed by atoms with E-state index >= 15 is 0 Å². The Morgan fingerprint density at radius 2 is 1.29 bits per heavy atom. The van der Waals surface area contributed by atoms with Crippen LogP contribution in [0.1, 0.15) is 0 Å². The Morgan fingerprint density at radius 3 is 1.90 bits per heavy atom. The van der Waals surface area contributed by atoms with Crippen LogP contribution in [0.3, 0.4) is 0 Å². The van der Waals surface area contributed by atoms with E-state index in [1.165, 1.54) is 19.2 Å². The van der Waals surface area contributed by atoms with E-state index in [1.54, 1.807) is 0 Å². The Morgan fingerprint density at radius 1 is 0.677 bits per heavy atom. The lowest BCUT2D eigenvalue weighted by Crippen LogP contribution is -2.16. The van der Waals surface area contributed by atoms with Crippen LogP contribution in [-0.2, 0) is 67.3 Å². The highest BCUT2D eigenvalue weighted by Crippen LogP contribution is 2.50. The molecule has 0 saturated carbocycles. The average Bonchev–Trinajstić information content (AvgIpc) is 3.20. The predicted octanol–water partition coefficient (Wildman–Crippen LogP) is 5.03. The van der Waals surface area contributed by atoms with Crippen molar-refractivity contribution in [1.29, 1.82) is 0 Å². The fraction of sp³-hybridized carbons (Fsp3) is 0.241. The van der Waals surface area contributed by atoms with E-state index < -0.39 is 108 Å². The molecule has 340 valence electrons. The van der Waals surface area contributed by atoms with Crippen molar-refractivity contribution in [3.8, 4) is 23.0 Å². The van der Waals surface area contributed by atoms with Crippen molar-refractivity contribution in [2.24, 2.45) is 20.5 Å². The molecule has 0 saturated heterocycles. The molecule has 0 fully saturated rings. The maximum absolute atomic E-state index is 13.0. The molecule has 62 heavy (non-hydrogen) atoms. The smallest absolute Gasteiger partial charge is 0.397 e. The summed E-state index contributed by atoms with van der Waals surface area (Å²) in [7, 11) is -15.2. The third-order valence-corrected chi connectivity index (χ3v) is 13.4. The lowest BCUT2D eigenvalue weighted by Gasteiger charge is -2.15. The van der Waals surface area contributed by atoms with Crippen molar-refractivity contribution in [3.63, 3.8) is 0 Å². The van der Waals surface area contributed by atoms with Gasteiger partial charge in [-0.15, -0.1) is 29.1 Å². The van der Waals surface area contributed by atoms with Crippen molar-refractivity contribution >= 4 is 104 Å². The van der Waals surface area contributed by atoms with Gasteiger partial charge in [0.05, 0.1) is 79.0 Å². The van der Waals surface area contributed by atoms with Crippen LogP contribution in [0.5, 0.6) is 23.0 Å². The number of ether oxygens (including phenoxy) is 3. The van der Waals surface area contributed by atoms with Crippen LogP contribution in [0, 0.1) is 0 Å². The molecule has 0 aliphatic heterocycles. The number of phenols is 1. The Kier molecular flexibility index (Phi) is 17.1. The third-order valence-electron chi connectivity index (χ3n) is 7.71. The highest BCUT2D eigenvalue weighted by molar-refractivity contribution is 7.94. The number of anilines is 1. The number of hydrogen-bond acceptors (Lipinski definition) is 27. The number of aromatic hydroxyl groups is 1. The first-order chi connectivity index (χ1) is 29.1. The average molecular weight is 994 g/mol. The summed E-state index contributed by atoms with van der Waals surface area (Å²) in [4.78, 5) is -2.09. The first-order valence-corrected chi connectivity index (χ1v) is 23.5. The zero-order chi connectivity index (χ0) is 46.0. The fourth-order valence-electron chi connectivity index (χ4n) is 5.03. The quantitative estimate of drug-likeness (QED) is 0.0108. The molecule has 0 aliphatic rings. The molecule has 27 nitrogen and oxygen atoms in total. The number of methoxy groups -OCH3 is 3. The van der Waals surface area contributed by atoms with Crippen molar-refractivity contribution in [1.82, 2.24) is 0 Å². The zero-order valence-electron chi connectivity index (χ0n) is 31.4. The molecular formula is C29H31N5O22S6. The molecule has 0 unspecified atom stereocenters. The summed E-state index contributed by atoms with van der Waals surface area (Å²) in [5, 5.41) is 50.6. The second-order valence-electron chi connectivity index (χ2n) is 11.3. The number of hydrogen-bond donors (Lipinski definition) is 6. The minimum Gasteiger partial charge on any atom is -0.505 e. The van der Waals surface area contributed by atoms with Crippen molar-refractivity contribution in [3.05, 3.63) is 42.5 Å². The summed E-state index contributed by atoms with van der Waals surface area (Å²) in [5.41, 5.74) is 4.29. The molecule has 0 radical (unpaired) electrons. The van der Waals surface area contributed by atoms with E-state index in [9.17, 15) is 43.3 Å². The van der Waals surface area contributed by atoms with Gasteiger partial charge in [-0.3, -0.25) is 13.3 Å². The van der Waals surface area contributed by atoms with E-state index in [0.29, 0.717) is 0 Å². The minimum atomic E-state index is -5.21. The van der Waals surface area contributed by atoms with Gasteiger partial charge in [-0.1, -0.05) is 10.1 Å². The van der Waals surface area contributed by atoms with E-state index in [1.807, 2.05) is 0 Å². The topological polar surface area (TPSA) is 396 Å². The van der Waals surface area contributed by atoms with Crippen LogP contribution in [-0.4, -0.2) is 104 Å². The van der Waals surface area contributed by atoms with Crippen LogP contribution in [0.2, 0.25) is 0 Å². The van der Waals surface area contributed by atoms with E-state index in [2.05, 4.69) is 43.4 Å². The lowest BCUT2D eigenvalue weighted by molar-refractivity contribution is -0.434. The molecular weight excluding hydrogens is 963 g/mol. The Hall–Kier alpha value is -4.56. The van der Waals surface area contributed by atoms with Gasteiger partial charge in [0, 0.05) is 17.5 Å². The van der Waals surface area contributed by atoms with E-state index in [-0.39, 0.29) is 62.8 Å². The van der Waals surface area contributed by atoms with Crippen molar-refractivity contribution in [2.75, 3.05) is 51.8 Å². The summed E-state index contributed by atoms with van der Waals surface area (Å²) < 4.78 is 151. The maximum atomic E-state index is 13.0. The number of sulfone groups is 2. The summed E-state index contributed by atoms with van der Waals surface area (Å²) >= 11 is 0.316. The molecule has 4 rings (SSSR count). The first kappa shape index (κ1) is 50.1. The number of nitrogens with zero attached hydrogens (tertiary/aromatic N) is 4. The molecule has 4 aromatic carbocycles. The van der Waals surface area contributed by atoms with E-state index in [0.717, 1.165) is 44.6 Å². The van der Waals surface area contributed by atoms with Gasteiger partial charge in [0.15, 0.2) is 37.7 Å². The zero-order valence-corrected chi connectivity index (χ0v) is 36.3. The number of benzene rings is 4. The lowest BCUT2D eigenvalue weighted by atomic mass is 10.0. The van der Waals surface area contributed by atoms with Gasteiger partial charge in [0.2, 0.25) is 0 Å². The molecule has 4 aromatic rings. The molecule has 0 bridgehead atoms. The van der Waals surface area contributed by atoms with Gasteiger partial charge >= 0.3 is 10.4 Å². The summed E-state index contributed by atoms with van der Waals surface area (Å²) in [6.45, 7) is -1.39. The predicted molar refractivity (Wildman–Crippen MR) is 211 cm³/mol. The van der Waals surface area contributed by atoms with Gasteiger partial charge in [0.25, 0.3) is 10.1 Å². The summed E-state index contributed by atoms with van der Waals surface area (Å²) in [6, 6.07) is 7.13. The fourth-order valence-corrected chi connectivity index (χ4v) is 9.30. The first-order valence-electron chi connectivity index (χ1n) is 16.0. The largest absolute Gasteiger partial charge is 0.505 e. The SMILES string of the molecule is COc1cc(S(=O)(=O)CCOS(=O)(=O)O)c(OC)cc1N=Nc1cc(S(=O)(=O)O)c2cc(SOOO)c(N=Nc3cc(S(=O)(=O)CCOSOOO)ccc3OC)c(O)c2c1N. The monoisotopic (exact) mass is 993 g/mol. The molecule has 0 heterocycles. The van der Waals surface area contributed by atoms with Crippen molar-refractivity contribution in [2.45, 2.75) is 19.6 Å². The summed E-state index contributed by atoms with van der Waals surface area (Å²) in [5.74, 6) is -3.16. The van der Waals surface area contributed by atoms with E-state index in [4.69, 9.17) is 39.2 Å². The number of nitrogen functional groups attached to an aromatic ring is 1. The number of nitrogens with two attached hydrogens (primary N) is 1. The highest BCUT2D eigenvalue weighted by atomic mass is 32.3. The normalized spacial score (nSPS) is 12.8. The standard InChI is InChI=1S/C29H31N5O22S6/c1-48-20-5-4-15(59(38,39)8-6-51-58-56-54-37)10-17(20)32-34-28-23(57-55-53-36)11-16-24(61(42,43)44)13-19(27(30)26(16)29(28)35)33-31-18-12-22(50-3)25(14-21(18)49-2)60(40,41)9-7-52-62(45,46)47/h4-5,10-14,35-37H,6-9,30H2,1-3H3,(H,42,43,44)(H,45,46,47). The van der Waals surface area contributed by atoms with Gasteiger partial charge in [0.1, 0.15) is 49.8 Å². The second kappa shape index (κ2) is 21.2. The molecule has 0 aliphatic carbocycles. The maximum Gasteiger partial charge on any atom is 0.397 e. The summed E-state index contributed by atoms with van der Waals surface area (Å²) in [6.07, 6.45) is 0. The Bertz CT molecular complexity index is 2810. The number of fused-ring (bicyclic) bond motifs is 1. The van der Waals surface area contributed by atoms with Crippen LogP contribution >= 0.6 is 24.4 Å². The van der Waals surface area contributed by atoms with Crippen molar-refractivity contribution < 1.29 is 99.7 Å².